The van der Waals surface area contributed by atoms with Crippen LogP contribution in [0.25, 0.3) is 0 Å². The summed E-state index contributed by atoms with van der Waals surface area (Å²) in [5.41, 5.74) is 5.90. The van der Waals surface area contributed by atoms with Crippen molar-refractivity contribution in [3.05, 3.63) is 35.2 Å². The maximum absolute atomic E-state index is 12.1. The molecule has 0 aliphatic heterocycles. The number of aromatic nitrogens is 3. The molecule has 30 heavy (non-hydrogen) atoms. The molecule has 8 nitrogen and oxygen atoms in total. The zero-order valence-electron chi connectivity index (χ0n) is 16.6. The fourth-order valence-electron chi connectivity index (χ4n) is 2.93. The highest BCUT2D eigenvalue weighted by Gasteiger charge is 2.42. The first-order valence-electron chi connectivity index (χ1n) is 9.50. The predicted octanol–water partition coefficient (Wildman–Crippen LogP) is 3.56. The van der Waals surface area contributed by atoms with Crippen LogP contribution in [0.1, 0.15) is 66.3 Å². The molecule has 0 bridgehead atoms. The summed E-state index contributed by atoms with van der Waals surface area (Å²) in [7, 11) is 0. The summed E-state index contributed by atoms with van der Waals surface area (Å²) >= 11 is 0. The van der Waals surface area contributed by atoms with Crippen LogP contribution in [0.15, 0.2) is 16.8 Å². The van der Waals surface area contributed by atoms with Crippen molar-refractivity contribution in [1.29, 1.82) is 0 Å². The molecule has 0 unspecified atom stereocenters. The van der Waals surface area contributed by atoms with E-state index in [4.69, 9.17) is 15.4 Å². The van der Waals surface area contributed by atoms with Gasteiger partial charge in [-0.15, -0.1) is 0 Å². The third-order valence-corrected chi connectivity index (χ3v) is 4.96. The van der Waals surface area contributed by atoms with E-state index >= 15 is 0 Å². The third-order valence-electron chi connectivity index (χ3n) is 4.96. The van der Waals surface area contributed by atoms with Crippen molar-refractivity contribution in [2.75, 3.05) is 6.61 Å². The number of carboxylic acid groups (broad SMARTS) is 1. The minimum atomic E-state index is -4.45. The van der Waals surface area contributed by atoms with E-state index in [0.717, 1.165) is 18.9 Å². The smallest absolute Gasteiger partial charge is 0.422 e. The first-order chi connectivity index (χ1) is 14.0. The molecule has 0 amide bonds. The quantitative estimate of drug-likeness (QED) is 0.716. The van der Waals surface area contributed by atoms with E-state index in [9.17, 15) is 18.0 Å². The Morgan fingerprint density at radius 1 is 1.33 bits per heavy atom. The van der Waals surface area contributed by atoms with E-state index in [-0.39, 0.29) is 17.4 Å². The summed E-state index contributed by atoms with van der Waals surface area (Å²) in [6.45, 7) is 2.31. The third kappa shape index (κ3) is 5.68. The number of nitrogens with two attached hydrogens (primary N) is 1. The molecule has 3 N–H and O–H groups in total. The van der Waals surface area contributed by atoms with Crippen LogP contribution >= 0.6 is 0 Å². The van der Waals surface area contributed by atoms with Gasteiger partial charge in [0.05, 0.1) is 5.54 Å². The SMILES string of the molecule is Cc1nc([C@@](C)(N)C2CC2)no1.O=C(O)c1cc(OCC(F)(F)F)c(C2CC2)cn1. The number of carbonyl (C=O) groups is 1. The summed E-state index contributed by atoms with van der Waals surface area (Å²) in [5.74, 6) is 0.555. The molecule has 4 rings (SSSR count). The van der Waals surface area contributed by atoms with Crippen molar-refractivity contribution in [2.45, 2.75) is 57.2 Å². The molecule has 0 aromatic carbocycles. The average Bonchev–Trinajstić information content (AvgIpc) is 3.57. The molecule has 0 radical (unpaired) electrons. The topological polar surface area (TPSA) is 124 Å². The second-order valence-corrected chi connectivity index (χ2v) is 7.78. The van der Waals surface area contributed by atoms with E-state index in [1.807, 2.05) is 6.92 Å². The molecule has 2 aliphatic carbocycles. The normalized spacial score (nSPS) is 18.2. The van der Waals surface area contributed by atoms with Gasteiger partial charge in [-0.3, -0.25) is 0 Å². The zero-order valence-corrected chi connectivity index (χ0v) is 16.6. The molecule has 1 atom stereocenters. The number of halogens is 3. The fraction of sp³-hybridized carbons (Fsp3) is 0.579. The van der Waals surface area contributed by atoms with Crippen molar-refractivity contribution in [3.8, 4) is 5.75 Å². The highest BCUT2D eigenvalue weighted by molar-refractivity contribution is 5.85. The van der Waals surface area contributed by atoms with E-state index < -0.39 is 24.3 Å². The summed E-state index contributed by atoms with van der Waals surface area (Å²) in [6, 6.07) is 1.04. The standard InChI is InChI=1S/C11H10F3NO3.C8H13N3O/c12-11(13,14)5-18-9-3-8(10(16)17)15-4-7(9)6-1-2-6;1-5-10-7(11-12-5)8(2,9)6-3-4-6/h3-4,6H,1-2,5H2,(H,16,17);6H,3-4,9H2,1-2H3/t;8-/m.0/s1. The largest absolute Gasteiger partial charge is 0.484 e. The number of hydrogen-bond acceptors (Lipinski definition) is 7. The second-order valence-electron chi connectivity index (χ2n) is 7.78. The Labute approximate surface area is 170 Å². The fourth-order valence-corrected chi connectivity index (χ4v) is 2.93. The van der Waals surface area contributed by atoms with Gasteiger partial charge in [-0.05, 0) is 44.4 Å². The lowest BCUT2D eigenvalue weighted by Gasteiger charge is -2.18. The van der Waals surface area contributed by atoms with Gasteiger partial charge in [0.25, 0.3) is 0 Å². The Kier molecular flexibility index (Phi) is 6.02. The Bertz CT molecular complexity index is 905. The van der Waals surface area contributed by atoms with Gasteiger partial charge in [0.2, 0.25) is 5.89 Å². The number of nitrogens with zero attached hydrogens (tertiary/aromatic N) is 3. The summed E-state index contributed by atoms with van der Waals surface area (Å²) in [4.78, 5) is 18.5. The minimum Gasteiger partial charge on any atom is -0.484 e. The van der Waals surface area contributed by atoms with Gasteiger partial charge in [-0.1, -0.05) is 5.16 Å². The van der Waals surface area contributed by atoms with Gasteiger partial charge in [-0.2, -0.15) is 18.2 Å². The number of aromatic carboxylic acids is 1. The molecule has 2 saturated carbocycles. The molecule has 11 heteroatoms. The van der Waals surface area contributed by atoms with Gasteiger partial charge in [0.15, 0.2) is 18.1 Å². The lowest BCUT2D eigenvalue weighted by Crippen LogP contribution is -2.36. The van der Waals surface area contributed by atoms with Crippen molar-refractivity contribution >= 4 is 5.97 Å². The highest BCUT2D eigenvalue weighted by atomic mass is 19.4. The van der Waals surface area contributed by atoms with Gasteiger partial charge in [-0.25, -0.2) is 9.78 Å². The summed E-state index contributed by atoms with van der Waals surface area (Å²) < 4.78 is 45.8. The molecular formula is C19H23F3N4O4. The van der Waals surface area contributed by atoms with Gasteiger partial charge in [0, 0.05) is 24.8 Å². The average molecular weight is 428 g/mol. The molecule has 2 fully saturated rings. The Hall–Kier alpha value is -2.69. The monoisotopic (exact) mass is 428 g/mol. The van der Waals surface area contributed by atoms with Crippen molar-refractivity contribution in [1.82, 2.24) is 15.1 Å². The maximum atomic E-state index is 12.1. The molecule has 2 aromatic rings. The second kappa shape index (κ2) is 8.21. The summed E-state index contributed by atoms with van der Waals surface area (Å²) in [6.07, 6.45) is 0.911. The predicted molar refractivity (Wildman–Crippen MR) is 98.0 cm³/mol. The first-order valence-corrected chi connectivity index (χ1v) is 9.50. The number of pyridine rings is 1. The van der Waals surface area contributed by atoms with E-state index in [0.29, 0.717) is 23.2 Å². The van der Waals surface area contributed by atoms with Crippen molar-refractivity contribution < 1.29 is 32.3 Å². The van der Waals surface area contributed by atoms with Gasteiger partial charge >= 0.3 is 12.1 Å². The number of alkyl halides is 3. The van der Waals surface area contributed by atoms with E-state index in [1.165, 1.54) is 19.0 Å². The van der Waals surface area contributed by atoms with E-state index in [1.54, 1.807) is 6.92 Å². The van der Waals surface area contributed by atoms with Crippen LogP contribution in [0.5, 0.6) is 5.75 Å². The van der Waals surface area contributed by atoms with Crippen LogP contribution in [0, 0.1) is 12.8 Å². The van der Waals surface area contributed by atoms with Crippen molar-refractivity contribution in [3.63, 3.8) is 0 Å². The van der Waals surface area contributed by atoms with Crippen LogP contribution in [0.3, 0.4) is 0 Å². The number of carboxylic acids is 1. The van der Waals surface area contributed by atoms with Gasteiger partial charge < -0.3 is 20.1 Å². The molecule has 2 aliphatic rings. The first kappa shape index (κ1) is 22.0. The number of ether oxygens (including phenoxy) is 1. The van der Waals surface area contributed by atoms with E-state index in [2.05, 4.69) is 19.9 Å². The molecule has 164 valence electrons. The molecule has 0 saturated heterocycles. The number of aryl methyl sites for hydroxylation is 1. The Balaban J connectivity index is 0.000000184. The van der Waals surface area contributed by atoms with Crippen LogP contribution in [-0.4, -0.2) is 39.0 Å². The van der Waals surface area contributed by atoms with Crippen molar-refractivity contribution in [2.24, 2.45) is 11.7 Å². The highest BCUT2D eigenvalue weighted by Crippen LogP contribution is 2.44. The van der Waals surface area contributed by atoms with Crippen LogP contribution in [-0.2, 0) is 5.54 Å². The van der Waals surface area contributed by atoms with Crippen LogP contribution < -0.4 is 10.5 Å². The molecular weight excluding hydrogens is 405 g/mol. The molecule has 0 spiro atoms. The number of hydrogen-bond donors (Lipinski definition) is 2. The maximum Gasteiger partial charge on any atom is 0.422 e. The molecule has 2 heterocycles. The summed E-state index contributed by atoms with van der Waals surface area (Å²) in [5, 5.41) is 12.6. The zero-order chi connectivity index (χ0) is 22.1. The number of rotatable bonds is 6. The van der Waals surface area contributed by atoms with Crippen LogP contribution in [0.4, 0.5) is 13.2 Å². The lowest BCUT2D eigenvalue weighted by molar-refractivity contribution is -0.153. The lowest BCUT2D eigenvalue weighted by atomic mass is 9.97. The van der Waals surface area contributed by atoms with Gasteiger partial charge in [0.1, 0.15) is 5.75 Å². The molecule has 2 aromatic heterocycles. The minimum absolute atomic E-state index is 0.0396. The Morgan fingerprint density at radius 2 is 2.00 bits per heavy atom. The van der Waals surface area contributed by atoms with Crippen LogP contribution in [0.2, 0.25) is 0 Å². The Morgan fingerprint density at radius 3 is 2.47 bits per heavy atom.